The van der Waals surface area contributed by atoms with E-state index in [-0.39, 0.29) is 0 Å². The minimum absolute atomic E-state index is 1.31. The minimum atomic E-state index is 1.31. The molecule has 0 aliphatic heterocycles. The molecule has 0 spiro atoms. The van der Waals surface area contributed by atoms with Crippen LogP contribution in [-0.2, 0) is 0 Å². The predicted molar refractivity (Wildman–Crippen MR) is 594 cm³/mol. The van der Waals surface area contributed by atoms with E-state index in [1.165, 1.54) is 284 Å². The van der Waals surface area contributed by atoms with E-state index in [0.29, 0.717) is 0 Å². The van der Waals surface area contributed by atoms with Crippen LogP contribution in [0.25, 0.3) is 250 Å². The first kappa shape index (κ1) is 79.9. The van der Waals surface area contributed by atoms with Gasteiger partial charge in [0.1, 0.15) is 0 Å². The molecule has 0 aliphatic rings. The summed E-state index contributed by atoms with van der Waals surface area (Å²) in [5.74, 6) is 0. The van der Waals surface area contributed by atoms with Gasteiger partial charge in [0.15, 0.2) is 0 Å². The Kier molecular flexibility index (Phi) is 19.6. The third-order valence-electron chi connectivity index (χ3n) is 26.8. The van der Waals surface area contributed by atoms with Crippen molar-refractivity contribution in [2.75, 3.05) is 0 Å². The lowest BCUT2D eigenvalue weighted by atomic mass is 9.99. The normalized spacial score (nSPS) is 11.9. The van der Waals surface area contributed by atoms with Gasteiger partial charge in [-0.15, -0.1) is 68.0 Å². The molecule has 0 radical (unpaired) electrons. The molecule has 0 N–H and O–H groups in total. The first-order chi connectivity index (χ1) is 64.8. The van der Waals surface area contributed by atoms with Crippen molar-refractivity contribution in [2.24, 2.45) is 0 Å². The van der Waals surface area contributed by atoms with Crippen LogP contribution in [0.3, 0.4) is 0 Å². The summed E-state index contributed by atoms with van der Waals surface area (Å²) in [7, 11) is 0. The summed E-state index contributed by atoms with van der Waals surface area (Å²) in [5, 5.41) is 48.6. The maximum absolute atomic E-state index is 2.35. The summed E-state index contributed by atoms with van der Waals surface area (Å²) in [6.07, 6.45) is 0. The summed E-state index contributed by atoms with van der Waals surface area (Å²) in [6, 6.07) is 147. The lowest BCUT2D eigenvalue weighted by Crippen LogP contribution is -1.77. The van der Waals surface area contributed by atoms with E-state index in [9.17, 15) is 0 Å². The minimum Gasteiger partial charge on any atom is -0.135 e. The second kappa shape index (κ2) is 32.4. The lowest BCUT2D eigenvalue weighted by molar-refractivity contribution is 1.52. The monoisotopic (exact) mass is 1790 g/mol. The van der Waals surface area contributed by atoms with Crippen LogP contribution < -0.4 is 0 Å². The van der Waals surface area contributed by atoms with Crippen molar-refractivity contribution in [3.05, 3.63) is 434 Å². The zero-order valence-electron chi connectivity index (χ0n) is 73.6. The molecule has 0 unspecified atom stereocenters. The van der Waals surface area contributed by atoms with Crippen LogP contribution in [0.4, 0.5) is 0 Å². The Labute approximate surface area is 786 Å². The van der Waals surface area contributed by atoms with Gasteiger partial charge in [0.25, 0.3) is 0 Å². The van der Waals surface area contributed by atoms with Gasteiger partial charge >= 0.3 is 0 Å². The third-order valence-corrected chi connectivity index (χ3v) is 33.6. The van der Waals surface area contributed by atoms with Gasteiger partial charge in [0, 0.05) is 121 Å². The highest BCUT2D eigenvalue weighted by atomic mass is 32.1. The Morgan fingerprint density at radius 1 is 0.106 bits per heavy atom. The molecule has 24 aromatic carbocycles. The third kappa shape index (κ3) is 14.2. The zero-order valence-corrected chi connectivity index (χ0v) is 78.5. The van der Waals surface area contributed by atoms with E-state index < -0.39 is 0 Å². The van der Waals surface area contributed by atoms with Crippen LogP contribution >= 0.6 is 68.0 Å². The fourth-order valence-corrected chi connectivity index (χ4v) is 27.7. The van der Waals surface area contributed by atoms with Crippen LogP contribution in [0, 0.1) is 41.5 Å². The molecule has 6 heteroatoms. The second-order valence-electron chi connectivity index (χ2n) is 35.8. The standard InChI is InChI=1S/6C21H14S/c6*1-13-6-8-17-20(10-13)22-19-9-7-16-11-14-4-2-3-5-15(14)12-18(16)21(17)19/h6*2-12H,1H3. The van der Waals surface area contributed by atoms with Gasteiger partial charge in [-0.2, -0.15) is 0 Å². The van der Waals surface area contributed by atoms with Gasteiger partial charge < -0.3 is 0 Å². The lowest BCUT2D eigenvalue weighted by Gasteiger charge is -2.04. The van der Waals surface area contributed by atoms with Crippen molar-refractivity contribution in [2.45, 2.75) is 41.5 Å². The van der Waals surface area contributed by atoms with Gasteiger partial charge in [-0.05, 0) is 350 Å². The Hall–Kier alpha value is -14.3. The predicted octanol–water partition coefficient (Wildman–Crippen LogP) is 40.0. The van der Waals surface area contributed by atoms with Gasteiger partial charge in [-0.25, -0.2) is 0 Å². The highest BCUT2D eigenvalue weighted by Gasteiger charge is 2.18. The Morgan fingerprint density at radius 2 is 0.242 bits per heavy atom. The summed E-state index contributed by atoms with van der Waals surface area (Å²) in [5.41, 5.74) is 7.97. The average Bonchev–Trinajstić information content (AvgIpc) is 1.59. The zero-order chi connectivity index (χ0) is 88.1. The molecule has 0 saturated heterocycles. The summed E-state index contributed by atoms with van der Waals surface area (Å²) in [4.78, 5) is 0. The highest BCUT2D eigenvalue weighted by molar-refractivity contribution is 7.28. The van der Waals surface area contributed by atoms with E-state index in [4.69, 9.17) is 0 Å². The highest BCUT2D eigenvalue weighted by Crippen LogP contribution is 2.48. The summed E-state index contributed by atoms with van der Waals surface area (Å²) in [6.45, 7) is 13.0. The van der Waals surface area contributed by atoms with Crippen LogP contribution in [0.1, 0.15) is 33.4 Å². The number of rotatable bonds is 0. The maximum atomic E-state index is 2.35. The second-order valence-corrected chi connectivity index (χ2v) is 42.3. The number of aryl methyl sites for hydroxylation is 6. The Balaban J connectivity index is 0.0000000851. The molecule has 0 amide bonds. The molecule has 0 fully saturated rings. The van der Waals surface area contributed by atoms with Crippen molar-refractivity contribution in [3.63, 3.8) is 0 Å². The van der Waals surface area contributed by atoms with Crippen molar-refractivity contribution >= 4 is 318 Å². The first-order valence-corrected chi connectivity index (χ1v) is 50.1. The van der Waals surface area contributed by atoms with Gasteiger partial charge in [0.05, 0.1) is 0 Å². The molecular weight excluding hydrogens is 1710 g/mol. The number of hydrogen-bond acceptors (Lipinski definition) is 6. The fraction of sp³-hybridized carbons (Fsp3) is 0.0476. The Bertz CT molecular complexity index is 8550. The molecule has 0 aliphatic carbocycles. The van der Waals surface area contributed by atoms with E-state index in [1.807, 2.05) is 68.0 Å². The smallest absolute Gasteiger partial charge is 0.0361 e. The van der Waals surface area contributed by atoms with E-state index in [0.717, 1.165) is 0 Å². The molecular formula is C126H84S6. The van der Waals surface area contributed by atoms with Crippen molar-refractivity contribution in [1.82, 2.24) is 0 Å². The van der Waals surface area contributed by atoms with E-state index in [1.54, 1.807) is 0 Å². The van der Waals surface area contributed by atoms with Crippen LogP contribution in [0.15, 0.2) is 400 Å². The summed E-state index contributed by atoms with van der Waals surface area (Å²) < 4.78 is 16.6. The molecule has 0 atom stereocenters. The molecule has 0 saturated carbocycles. The van der Waals surface area contributed by atoms with Gasteiger partial charge in [-0.1, -0.05) is 255 Å². The molecule has 30 aromatic rings. The van der Waals surface area contributed by atoms with Crippen molar-refractivity contribution in [3.8, 4) is 0 Å². The number of benzene rings is 24. The largest absolute Gasteiger partial charge is 0.135 e. The molecule has 30 rings (SSSR count). The van der Waals surface area contributed by atoms with Crippen molar-refractivity contribution < 1.29 is 0 Å². The quantitative estimate of drug-likeness (QED) is 0.133. The van der Waals surface area contributed by atoms with E-state index in [2.05, 4.69) is 442 Å². The fourth-order valence-electron chi connectivity index (χ4n) is 20.4. The molecule has 132 heavy (non-hydrogen) atoms. The Morgan fingerprint density at radius 3 is 0.386 bits per heavy atom. The summed E-state index contributed by atoms with van der Waals surface area (Å²) >= 11 is 11.4. The maximum Gasteiger partial charge on any atom is 0.0361 e. The topological polar surface area (TPSA) is 0 Å². The van der Waals surface area contributed by atoms with Crippen LogP contribution in [-0.4, -0.2) is 0 Å². The molecule has 0 bridgehead atoms. The van der Waals surface area contributed by atoms with Crippen molar-refractivity contribution in [1.29, 1.82) is 0 Å². The van der Waals surface area contributed by atoms with Gasteiger partial charge in [0.2, 0.25) is 0 Å². The van der Waals surface area contributed by atoms with Gasteiger partial charge in [-0.3, -0.25) is 0 Å². The molecule has 6 heterocycles. The van der Waals surface area contributed by atoms with Crippen LogP contribution in [0.5, 0.6) is 0 Å². The number of fused-ring (bicyclic) bond motifs is 36. The number of hydrogen-bond donors (Lipinski definition) is 0. The average molecular weight is 1790 g/mol. The number of thiophene rings is 6. The first-order valence-electron chi connectivity index (χ1n) is 45.2. The molecule has 0 nitrogen and oxygen atoms in total. The van der Waals surface area contributed by atoms with E-state index >= 15 is 0 Å². The SMILES string of the molecule is Cc1ccc2c(c1)sc1ccc3cc4ccccc4cc3c12.Cc1ccc2c(c1)sc1ccc3cc4ccccc4cc3c12.Cc1ccc2c(c1)sc1ccc3cc4ccccc4cc3c12.Cc1ccc2c(c1)sc1ccc3cc4ccccc4cc3c12.Cc1ccc2c(c1)sc1ccc3cc4ccccc4cc3c12.Cc1ccc2c(c1)sc1ccc3cc4ccccc4cc3c12. The van der Waals surface area contributed by atoms with Crippen LogP contribution in [0.2, 0.25) is 0 Å². The molecule has 624 valence electrons. The molecule has 6 aromatic heterocycles.